The number of nitrogens with zero attached hydrogens (tertiary/aromatic N) is 1. The van der Waals surface area contributed by atoms with Crippen LogP contribution in [0.4, 0.5) is 0 Å². The van der Waals surface area contributed by atoms with Gasteiger partial charge in [0.15, 0.2) is 0 Å². The van der Waals surface area contributed by atoms with Crippen molar-refractivity contribution < 1.29 is 9.28 Å². The number of hydrogen-bond donors (Lipinski definition) is 0. The SMILES string of the molecule is CC=O.CCCCCCCCCC[N+](C)(C)C. The van der Waals surface area contributed by atoms with E-state index in [1.54, 1.807) is 0 Å². The van der Waals surface area contributed by atoms with E-state index in [0.717, 1.165) is 10.8 Å². The summed E-state index contributed by atoms with van der Waals surface area (Å²) in [6.07, 6.45) is 12.2. The maximum atomic E-state index is 8.81. The van der Waals surface area contributed by atoms with E-state index in [-0.39, 0.29) is 0 Å². The second-order valence-electron chi connectivity index (χ2n) is 5.72. The zero-order valence-corrected chi connectivity index (χ0v) is 12.8. The van der Waals surface area contributed by atoms with Gasteiger partial charge in [0, 0.05) is 0 Å². The first-order valence-electron chi connectivity index (χ1n) is 7.18. The molecule has 0 spiro atoms. The van der Waals surface area contributed by atoms with E-state index in [2.05, 4.69) is 28.1 Å². The summed E-state index contributed by atoms with van der Waals surface area (Å²) in [5, 5.41) is 0. The summed E-state index contributed by atoms with van der Waals surface area (Å²) in [7, 11) is 6.84. The van der Waals surface area contributed by atoms with Crippen LogP contribution in [0.15, 0.2) is 0 Å². The minimum atomic E-state index is 0.750. The van der Waals surface area contributed by atoms with Gasteiger partial charge in [-0.15, -0.1) is 0 Å². The Morgan fingerprint density at radius 2 is 1.18 bits per heavy atom. The first-order chi connectivity index (χ1) is 7.97. The molecule has 0 N–H and O–H groups in total. The lowest BCUT2D eigenvalue weighted by Gasteiger charge is -2.23. The second kappa shape index (κ2) is 13.7. The molecule has 0 aromatic carbocycles. The van der Waals surface area contributed by atoms with Crippen molar-refractivity contribution in [2.75, 3.05) is 27.7 Å². The normalized spacial score (nSPS) is 10.6. The third-order valence-corrected chi connectivity index (χ3v) is 2.68. The summed E-state index contributed by atoms with van der Waals surface area (Å²) in [4.78, 5) is 8.81. The molecule has 0 unspecified atom stereocenters. The summed E-state index contributed by atoms with van der Waals surface area (Å²) in [5.41, 5.74) is 0. The Morgan fingerprint density at radius 3 is 1.53 bits per heavy atom. The molecule has 0 rings (SSSR count). The van der Waals surface area contributed by atoms with Crippen LogP contribution in [0.3, 0.4) is 0 Å². The average molecular weight is 244 g/mol. The third-order valence-electron chi connectivity index (χ3n) is 2.68. The van der Waals surface area contributed by atoms with Crippen LogP contribution in [0.2, 0.25) is 0 Å². The van der Waals surface area contributed by atoms with Gasteiger partial charge in [0.05, 0.1) is 27.7 Å². The van der Waals surface area contributed by atoms with Gasteiger partial charge in [-0.2, -0.15) is 0 Å². The molecule has 0 saturated carbocycles. The van der Waals surface area contributed by atoms with Gasteiger partial charge in [-0.3, -0.25) is 0 Å². The van der Waals surface area contributed by atoms with Gasteiger partial charge >= 0.3 is 0 Å². The summed E-state index contributed by atoms with van der Waals surface area (Å²) in [6, 6.07) is 0. The molecule has 17 heavy (non-hydrogen) atoms. The standard InChI is InChI=1S/C13H30N.C2H4O/c1-5-6-7-8-9-10-11-12-13-14(2,3)4;1-2-3/h5-13H2,1-4H3;2H,1H3/q+1;. The zero-order valence-electron chi connectivity index (χ0n) is 12.8. The molecule has 0 aromatic rings. The van der Waals surface area contributed by atoms with Gasteiger partial charge in [0.2, 0.25) is 0 Å². The molecule has 2 heteroatoms. The van der Waals surface area contributed by atoms with Crippen LogP contribution in [0.1, 0.15) is 65.2 Å². The fourth-order valence-corrected chi connectivity index (χ4v) is 1.72. The summed E-state index contributed by atoms with van der Waals surface area (Å²) in [6.45, 7) is 5.05. The predicted molar refractivity (Wildman–Crippen MR) is 77.2 cm³/mol. The highest BCUT2D eigenvalue weighted by Gasteiger charge is 2.04. The highest BCUT2D eigenvalue weighted by molar-refractivity contribution is 5.44. The van der Waals surface area contributed by atoms with Crippen molar-refractivity contribution in [3.8, 4) is 0 Å². The molecule has 0 radical (unpaired) electrons. The molecule has 2 nitrogen and oxygen atoms in total. The van der Waals surface area contributed by atoms with E-state index >= 15 is 0 Å². The van der Waals surface area contributed by atoms with Crippen LogP contribution in [-0.2, 0) is 4.79 Å². The van der Waals surface area contributed by atoms with Crippen LogP contribution in [0, 0.1) is 0 Å². The molecule has 0 aliphatic carbocycles. The Hall–Kier alpha value is -0.370. The molecule has 0 saturated heterocycles. The number of rotatable bonds is 9. The minimum absolute atomic E-state index is 0.750. The van der Waals surface area contributed by atoms with Crippen molar-refractivity contribution in [3.63, 3.8) is 0 Å². The Kier molecular flexibility index (Phi) is 15.3. The maximum absolute atomic E-state index is 8.81. The first kappa shape index (κ1) is 19.0. The molecule has 0 aromatic heterocycles. The molecule has 0 aliphatic heterocycles. The monoisotopic (exact) mass is 244 g/mol. The number of unbranched alkanes of at least 4 members (excludes halogenated alkanes) is 7. The molecule has 104 valence electrons. The van der Waals surface area contributed by atoms with Crippen molar-refractivity contribution >= 4 is 6.29 Å². The molecule has 0 atom stereocenters. The van der Waals surface area contributed by atoms with E-state index in [0.29, 0.717) is 0 Å². The van der Waals surface area contributed by atoms with E-state index in [1.165, 1.54) is 64.8 Å². The largest absolute Gasteiger partial charge is 0.331 e. The van der Waals surface area contributed by atoms with Crippen LogP contribution in [-0.4, -0.2) is 38.5 Å². The smallest absolute Gasteiger partial charge is 0.116 e. The number of carbonyl (C=O) groups excluding carboxylic acids is 1. The van der Waals surface area contributed by atoms with Crippen molar-refractivity contribution in [1.29, 1.82) is 0 Å². The van der Waals surface area contributed by atoms with Crippen LogP contribution in [0.5, 0.6) is 0 Å². The van der Waals surface area contributed by atoms with E-state index in [9.17, 15) is 0 Å². The van der Waals surface area contributed by atoms with Crippen LogP contribution in [0.25, 0.3) is 0 Å². The van der Waals surface area contributed by atoms with E-state index < -0.39 is 0 Å². The zero-order chi connectivity index (χ0) is 13.6. The van der Waals surface area contributed by atoms with Gasteiger partial charge in [0.25, 0.3) is 0 Å². The van der Waals surface area contributed by atoms with Gasteiger partial charge in [-0.05, 0) is 19.8 Å². The topological polar surface area (TPSA) is 17.1 Å². The third kappa shape index (κ3) is 25.7. The highest BCUT2D eigenvalue weighted by atomic mass is 16.1. The van der Waals surface area contributed by atoms with Crippen LogP contribution < -0.4 is 0 Å². The van der Waals surface area contributed by atoms with Gasteiger partial charge in [-0.1, -0.05) is 45.4 Å². The lowest BCUT2D eigenvalue weighted by Crippen LogP contribution is -2.35. The Morgan fingerprint density at radius 1 is 0.824 bits per heavy atom. The number of carbonyl (C=O) groups is 1. The molecule has 0 amide bonds. The van der Waals surface area contributed by atoms with Gasteiger partial charge < -0.3 is 9.28 Å². The average Bonchev–Trinajstić information content (AvgIpc) is 2.22. The highest BCUT2D eigenvalue weighted by Crippen LogP contribution is 2.09. The first-order valence-corrected chi connectivity index (χ1v) is 7.18. The van der Waals surface area contributed by atoms with Gasteiger partial charge in [0.1, 0.15) is 6.29 Å². The quantitative estimate of drug-likeness (QED) is 0.340. The fraction of sp³-hybridized carbons (Fsp3) is 0.933. The van der Waals surface area contributed by atoms with E-state index in [4.69, 9.17) is 4.79 Å². The maximum Gasteiger partial charge on any atom is 0.116 e. The molecule has 0 aliphatic rings. The lowest BCUT2D eigenvalue weighted by molar-refractivity contribution is -0.870. The lowest BCUT2D eigenvalue weighted by atomic mass is 10.1. The molecular weight excluding hydrogens is 210 g/mol. The summed E-state index contributed by atoms with van der Waals surface area (Å²) in [5.74, 6) is 0. The van der Waals surface area contributed by atoms with Crippen molar-refractivity contribution in [2.24, 2.45) is 0 Å². The molecule has 0 heterocycles. The van der Waals surface area contributed by atoms with E-state index in [1.807, 2.05) is 0 Å². The second-order valence-corrected chi connectivity index (χ2v) is 5.72. The summed E-state index contributed by atoms with van der Waals surface area (Å²) < 4.78 is 1.12. The van der Waals surface area contributed by atoms with Crippen molar-refractivity contribution in [3.05, 3.63) is 0 Å². The number of quaternary nitrogens is 1. The Labute approximate surface area is 109 Å². The predicted octanol–water partition coefficient (Wildman–Crippen LogP) is 4.04. The van der Waals surface area contributed by atoms with Crippen molar-refractivity contribution in [1.82, 2.24) is 0 Å². The van der Waals surface area contributed by atoms with Crippen molar-refractivity contribution in [2.45, 2.75) is 65.2 Å². The minimum Gasteiger partial charge on any atom is -0.331 e. The molecular formula is C15H34NO+. The molecule has 0 bridgehead atoms. The number of hydrogen-bond acceptors (Lipinski definition) is 1. The van der Waals surface area contributed by atoms with Gasteiger partial charge in [-0.25, -0.2) is 0 Å². The van der Waals surface area contributed by atoms with Crippen LogP contribution >= 0.6 is 0 Å². The fourth-order valence-electron chi connectivity index (χ4n) is 1.72. The summed E-state index contributed by atoms with van der Waals surface area (Å²) >= 11 is 0. The number of aldehydes is 1. The Bertz CT molecular complexity index is 149. The molecule has 0 fully saturated rings. The Balaban J connectivity index is 0.